The zero-order valence-electron chi connectivity index (χ0n) is 9.19. The number of amides is 1. The Hall–Kier alpha value is -1.59. The molecule has 16 heavy (non-hydrogen) atoms. The molecule has 3 N–H and O–H groups in total. The molecule has 1 aliphatic rings. The molecule has 0 aromatic carbocycles. The molecule has 0 heterocycles. The van der Waals surface area contributed by atoms with E-state index in [1.165, 1.54) is 0 Å². The molecule has 6 nitrogen and oxygen atoms in total. The Balaban J connectivity index is 2.53. The molecule has 1 aliphatic carbocycles. The first kappa shape index (κ1) is 12.5. The molecular weight excluding hydrogens is 214 g/mol. The highest BCUT2D eigenvalue weighted by Crippen LogP contribution is 2.51. The van der Waals surface area contributed by atoms with Crippen LogP contribution in [0.2, 0.25) is 0 Å². The van der Waals surface area contributed by atoms with Crippen LogP contribution in [-0.4, -0.2) is 34.1 Å². The van der Waals surface area contributed by atoms with Crippen molar-refractivity contribution in [3.63, 3.8) is 0 Å². The third-order valence-electron chi connectivity index (χ3n) is 2.82. The molecule has 0 aliphatic heterocycles. The van der Waals surface area contributed by atoms with Crippen LogP contribution in [0.3, 0.4) is 0 Å². The second kappa shape index (κ2) is 4.11. The monoisotopic (exact) mass is 229 g/mol. The maximum absolute atomic E-state index is 11.5. The van der Waals surface area contributed by atoms with Crippen LogP contribution in [0.5, 0.6) is 0 Å². The van der Waals surface area contributed by atoms with Gasteiger partial charge in [-0.25, -0.2) is 4.79 Å². The van der Waals surface area contributed by atoms with Crippen LogP contribution in [0.15, 0.2) is 0 Å². The minimum atomic E-state index is -1.35. The summed E-state index contributed by atoms with van der Waals surface area (Å²) in [6.45, 7) is 3.81. The SMILES string of the molecule is CC1(C)CC1C(=O)NC(CC(=O)O)C(=O)O. The van der Waals surface area contributed by atoms with Crippen molar-refractivity contribution in [2.45, 2.75) is 32.7 Å². The van der Waals surface area contributed by atoms with Crippen molar-refractivity contribution in [2.24, 2.45) is 11.3 Å². The summed E-state index contributed by atoms with van der Waals surface area (Å²) in [4.78, 5) is 32.6. The summed E-state index contributed by atoms with van der Waals surface area (Å²) in [6, 6.07) is -1.35. The Morgan fingerprint density at radius 1 is 1.38 bits per heavy atom. The van der Waals surface area contributed by atoms with Gasteiger partial charge in [0.25, 0.3) is 0 Å². The summed E-state index contributed by atoms with van der Waals surface area (Å²) in [5.74, 6) is -3.15. The molecule has 0 aromatic heterocycles. The number of carbonyl (C=O) groups is 3. The highest BCUT2D eigenvalue weighted by atomic mass is 16.4. The fraction of sp³-hybridized carbons (Fsp3) is 0.700. The quantitative estimate of drug-likeness (QED) is 0.619. The molecule has 0 radical (unpaired) electrons. The lowest BCUT2D eigenvalue weighted by Gasteiger charge is -2.12. The number of aliphatic carboxylic acids is 2. The van der Waals surface area contributed by atoms with Gasteiger partial charge in [0, 0.05) is 5.92 Å². The van der Waals surface area contributed by atoms with E-state index in [1.807, 2.05) is 13.8 Å². The van der Waals surface area contributed by atoms with Crippen LogP contribution in [0, 0.1) is 11.3 Å². The van der Waals surface area contributed by atoms with E-state index in [4.69, 9.17) is 10.2 Å². The first-order valence-electron chi connectivity index (χ1n) is 4.99. The molecule has 1 rings (SSSR count). The zero-order valence-corrected chi connectivity index (χ0v) is 9.19. The Kier molecular flexibility index (Phi) is 3.21. The molecule has 0 bridgehead atoms. The summed E-state index contributed by atoms with van der Waals surface area (Å²) in [5, 5.41) is 19.5. The van der Waals surface area contributed by atoms with Gasteiger partial charge in [-0.15, -0.1) is 0 Å². The van der Waals surface area contributed by atoms with Crippen molar-refractivity contribution in [3.05, 3.63) is 0 Å². The van der Waals surface area contributed by atoms with Crippen molar-refractivity contribution in [1.29, 1.82) is 0 Å². The number of carboxylic acids is 2. The van der Waals surface area contributed by atoms with E-state index in [9.17, 15) is 14.4 Å². The number of nitrogens with one attached hydrogen (secondary N) is 1. The van der Waals surface area contributed by atoms with Crippen molar-refractivity contribution in [2.75, 3.05) is 0 Å². The van der Waals surface area contributed by atoms with Crippen LogP contribution in [-0.2, 0) is 14.4 Å². The van der Waals surface area contributed by atoms with Crippen LogP contribution in [0.4, 0.5) is 0 Å². The predicted molar refractivity (Wildman–Crippen MR) is 53.7 cm³/mol. The van der Waals surface area contributed by atoms with Gasteiger partial charge in [0.1, 0.15) is 6.04 Å². The van der Waals surface area contributed by atoms with E-state index < -0.39 is 24.4 Å². The predicted octanol–water partition coefficient (Wildman–Crippen LogP) is 0.0766. The minimum Gasteiger partial charge on any atom is -0.481 e. The first-order chi connectivity index (χ1) is 7.24. The summed E-state index contributed by atoms with van der Waals surface area (Å²) in [7, 11) is 0. The van der Waals surface area contributed by atoms with Crippen LogP contribution in [0.1, 0.15) is 26.7 Å². The Bertz CT molecular complexity index is 336. The Morgan fingerprint density at radius 2 is 1.88 bits per heavy atom. The van der Waals surface area contributed by atoms with E-state index in [1.54, 1.807) is 0 Å². The topological polar surface area (TPSA) is 104 Å². The largest absolute Gasteiger partial charge is 0.481 e. The maximum atomic E-state index is 11.5. The summed E-state index contributed by atoms with van der Waals surface area (Å²) < 4.78 is 0. The van der Waals surface area contributed by atoms with E-state index in [0.717, 1.165) is 0 Å². The highest BCUT2D eigenvalue weighted by Gasteiger charge is 2.51. The second-order valence-electron chi connectivity index (χ2n) is 4.74. The molecular formula is C10H15NO5. The molecule has 2 unspecified atom stereocenters. The van der Waals surface area contributed by atoms with Crippen molar-refractivity contribution in [3.8, 4) is 0 Å². The lowest BCUT2D eigenvalue weighted by Crippen LogP contribution is -2.43. The third-order valence-corrected chi connectivity index (χ3v) is 2.82. The summed E-state index contributed by atoms with van der Waals surface area (Å²) >= 11 is 0. The molecule has 1 saturated carbocycles. The van der Waals surface area contributed by atoms with E-state index >= 15 is 0 Å². The van der Waals surface area contributed by atoms with Gasteiger partial charge in [-0.1, -0.05) is 13.8 Å². The number of carbonyl (C=O) groups excluding carboxylic acids is 1. The Labute approximate surface area is 92.6 Å². The second-order valence-corrected chi connectivity index (χ2v) is 4.74. The molecule has 6 heteroatoms. The van der Waals surface area contributed by atoms with Gasteiger partial charge < -0.3 is 15.5 Å². The third kappa shape index (κ3) is 2.95. The fourth-order valence-corrected chi connectivity index (χ4v) is 1.56. The molecule has 0 aromatic rings. The van der Waals surface area contributed by atoms with Crippen molar-refractivity contribution in [1.82, 2.24) is 5.32 Å². The number of hydrogen-bond acceptors (Lipinski definition) is 3. The smallest absolute Gasteiger partial charge is 0.326 e. The van der Waals surface area contributed by atoms with Crippen LogP contribution >= 0.6 is 0 Å². The fourth-order valence-electron chi connectivity index (χ4n) is 1.56. The average Bonchev–Trinajstić information content (AvgIpc) is 2.73. The minimum absolute atomic E-state index is 0.101. The van der Waals surface area contributed by atoms with Gasteiger partial charge >= 0.3 is 11.9 Å². The lowest BCUT2D eigenvalue weighted by molar-refractivity contribution is -0.147. The first-order valence-corrected chi connectivity index (χ1v) is 4.99. The normalized spacial score (nSPS) is 23.2. The van der Waals surface area contributed by atoms with Crippen LogP contribution in [0.25, 0.3) is 0 Å². The highest BCUT2D eigenvalue weighted by molar-refractivity contribution is 5.89. The van der Waals surface area contributed by atoms with Gasteiger partial charge in [-0.2, -0.15) is 0 Å². The van der Waals surface area contributed by atoms with Gasteiger partial charge in [0.05, 0.1) is 6.42 Å². The molecule has 90 valence electrons. The summed E-state index contributed by atoms with van der Waals surface area (Å²) in [5.41, 5.74) is -0.101. The lowest BCUT2D eigenvalue weighted by atomic mass is 10.1. The number of carboxylic acid groups (broad SMARTS) is 2. The Morgan fingerprint density at radius 3 is 2.19 bits per heavy atom. The van der Waals surface area contributed by atoms with E-state index in [-0.39, 0.29) is 17.2 Å². The standard InChI is InChI=1S/C10H15NO5/c1-10(2)4-5(10)8(14)11-6(9(15)16)3-7(12)13/h5-6H,3-4H2,1-2H3,(H,11,14)(H,12,13)(H,15,16). The zero-order chi connectivity index (χ0) is 12.5. The number of hydrogen-bond donors (Lipinski definition) is 3. The average molecular weight is 229 g/mol. The molecule has 1 fully saturated rings. The van der Waals surface area contributed by atoms with Crippen molar-refractivity contribution < 1.29 is 24.6 Å². The molecule has 0 saturated heterocycles. The van der Waals surface area contributed by atoms with Gasteiger partial charge in [0.15, 0.2) is 0 Å². The molecule has 0 spiro atoms. The van der Waals surface area contributed by atoms with Crippen LogP contribution < -0.4 is 5.32 Å². The van der Waals surface area contributed by atoms with Gasteiger partial charge in [0.2, 0.25) is 5.91 Å². The van der Waals surface area contributed by atoms with Gasteiger partial charge in [-0.05, 0) is 11.8 Å². The number of rotatable bonds is 5. The van der Waals surface area contributed by atoms with Gasteiger partial charge in [-0.3, -0.25) is 9.59 Å². The van der Waals surface area contributed by atoms with E-state index in [2.05, 4.69) is 5.32 Å². The maximum Gasteiger partial charge on any atom is 0.326 e. The molecule has 2 atom stereocenters. The van der Waals surface area contributed by atoms with Crippen molar-refractivity contribution >= 4 is 17.8 Å². The van der Waals surface area contributed by atoms with E-state index in [0.29, 0.717) is 6.42 Å². The summed E-state index contributed by atoms with van der Waals surface area (Å²) in [6.07, 6.45) is 0.104. The molecule has 1 amide bonds.